The Morgan fingerprint density at radius 3 is 2.71 bits per heavy atom. The predicted octanol–water partition coefficient (Wildman–Crippen LogP) is 3.20. The third-order valence-electron chi connectivity index (χ3n) is 2.90. The van der Waals surface area contributed by atoms with Crippen LogP contribution in [0.15, 0.2) is 41.4 Å². The van der Waals surface area contributed by atoms with Crippen LogP contribution in [0, 0.1) is 0 Å². The fourth-order valence-electron chi connectivity index (χ4n) is 1.91. The van der Waals surface area contributed by atoms with Crippen molar-refractivity contribution < 1.29 is 14.3 Å². The normalized spacial score (nSPS) is 10.5. The zero-order valence-electron chi connectivity index (χ0n) is 13.8. The van der Waals surface area contributed by atoms with E-state index in [1.807, 2.05) is 24.3 Å². The number of hydrogen-bond donors (Lipinski definition) is 2. The standard InChI is InChI=1S/C16H20N4O3S/c1-11(2)24-13-7-5-4-6-12(13)17-16(22)18-14-8-9-20(19-14)10-15(21)23-3/h4-9,11H,10H2,1-3H3,(H2,17,18,19,22). The molecule has 1 aromatic heterocycles. The van der Waals surface area contributed by atoms with Crippen LogP contribution in [-0.2, 0) is 16.1 Å². The Kier molecular flexibility index (Phi) is 6.25. The van der Waals surface area contributed by atoms with E-state index in [1.165, 1.54) is 11.8 Å². The molecule has 0 atom stereocenters. The fraction of sp³-hybridized carbons (Fsp3) is 0.312. The Morgan fingerprint density at radius 1 is 1.25 bits per heavy atom. The lowest BCUT2D eigenvalue weighted by Gasteiger charge is -2.12. The van der Waals surface area contributed by atoms with Crippen molar-refractivity contribution in [2.24, 2.45) is 0 Å². The van der Waals surface area contributed by atoms with E-state index < -0.39 is 12.0 Å². The molecule has 8 heteroatoms. The topological polar surface area (TPSA) is 85.2 Å². The number of para-hydroxylation sites is 1. The van der Waals surface area contributed by atoms with Crippen LogP contribution in [-0.4, -0.2) is 34.1 Å². The van der Waals surface area contributed by atoms with Gasteiger partial charge in [-0.15, -0.1) is 11.8 Å². The van der Waals surface area contributed by atoms with Crippen molar-refractivity contribution in [3.8, 4) is 0 Å². The van der Waals surface area contributed by atoms with E-state index in [9.17, 15) is 9.59 Å². The van der Waals surface area contributed by atoms with Gasteiger partial charge in [-0.1, -0.05) is 26.0 Å². The van der Waals surface area contributed by atoms with Gasteiger partial charge in [0, 0.05) is 22.4 Å². The second-order valence-electron chi connectivity index (χ2n) is 5.22. The van der Waals surface area contributed by atoms with Gasteiger partial charge in [-0.3, -0.25) is 14.8 Å². The van der Waals surface area contributed by atoms with Crippen LogP contribution in [0.25, 0.3) is 0 Å². The third kappa shape index (κ3) is 5.31. The molecule has 2 rings (SSSR count). The van der Waals surface area contributed by atoms with Crippen LogP contribution < -0.4 is 10.6 Å². The first-order chi connectivity index (χ1) is 11.5. The molecule has 1 heterocycles. The van der Waals surface area contributed by atoms with Crippen molar-refractivity contribution in [3.63, 3.8) is 0 Å². The van der Waals surface area contributed by atoms with Crippen LogP contribution in [0.4, 0.5) is 16.3 Å². The van der Waals surface area contributed by atoms with E-state index in [2.05, 4.69) is 34.3 Å². The summed E-state index contributed by atoms with van der Waals surface area (Å²) in [5.41, 5.74) is 0.739. The number of methoxy groups -OCH3 is 1. The van der Waals surface area contributed by atoms with Gasteiger partial charge < -0.3 is 10.1 Å². The molecule has 24 heavy (non-hydrogen) atoms. The maximum absolute atomic E-state index is 12.1. The minimum atomic E-state index is -0.409. The third-order valence-corrected chi connectivity index (χ3v) is 3.98. The zero-order valence-corrected chi connectivity index (χ0v) is 14.6. The summed E-state index contributed by atoms with van der Waals surface area (Å²) in [7, 11) is 1.31. The molecule has 0 spiro atoms. The molecular formula is C16H20N4O3S. The van der Waals surface area contributed by atoms with E-state index in [0.29, 0.717) is 11.1 Å². The maximum atomic E-state index is 12.1. The van der Waals surface area contributed by atoms with E-state index >= 15 is 0 Å². The zero-order chi connectivity index (χ0) is 17.5. The highest BCUT2D eigenvalue weighted by Gasteiger charge is 2.10. The Hall–Kier alpha value is -2.48. The molecule has 0 unspecified atom stereocenters. The van der Waals surface area contributed by atoms with Crippen LogP contribution in [0.1, 0.15) is 13.8 Å². The molecule has 1 aromatic carbocycles. The van der Waals surface area contributed by atoms with Gasteiger partial charge >= 0.3 is 12.0 Å². The van der Waals surface area contributed by atoms with Crippen molar-refractivity contribution in [3.05, 3.63) is 36.5 Å². The molecule has 0 saturated carbocycles. The van der Waals surface area contributed by atoms with Gasteiger partial charge in [-0.25, -0.2) is 4.79 Å². The molecule has 2 amide bonds. The van der Waals surface area contributed by atoms with Crippen molar-refractivity contribution in [2.45, 2.75) is 30.5 Å². The van der Waals surface area contributed by atoms with Gasteiger partial charge in [0.2, 0.25) is 0 Å². The van der Waals surface area contributed by atoms with E-state index in [1.54, 1.807) is 24.0 Å². The lowest BCUT2D eigenvalue weighted by molar-refractivity contribution is -0.141. The van der Waals surface area contributed by atoms with Crippen molar-refractivity contribution in [1.29, 1.82) is 0 Å². The average molecular weight is 348 g/mol. The molecule has 2 aromatic rings. The minimum absolute atomic E-state index is 0.00629. The summed E-state index contributed by atoms with van der Waals surface area (Å²) in [6.07, 6.45) is 1.59. The molecule has 0 bridgehead atoms. The molecular weight excluding hydrogens is 328 g/mol. The van der Waals surface area contributed by atoms with Gasteiger partial charge in [-0.05, 0) is 12.1 Å². The van der Waals surface area contributed by atoms with Crippen LogP contribution in [0.3, 0.4) is 0 Å². The van der Waals surface area contributed by atoms with Gasteiger partial charge in [0.1, 0.15) is 6.54 Å². The summed E-state index contributed by atoms with van der Waals surface area (Å²) < 4.78 is 5.96. The highest BCUT2D eigenvalue weighted by atomic mass is 32.2. The Balaban J connectivity index is 1.98. The van der Waals surface area contributed by atoms with Crippen LogP contribution in [0.2, 0.25) is 0 Å². The molecule has 7 nitrogen and oxygen atoms in total. The van der Waals surface area contributed by atoms with Gasteiger partial charge in [0.05, 0.1) is 12.8 Å². The number of rotatable bonds is 6. The second kappa shape index (κ2) is 8.39. The van der Waals surface area contributed by atoms with E-state index in [-0.39, 0.29) is 6.54 Å². The lowest BCUT2D eigenvalue weighted by Crippen LogP contribution is -2.20. The number of amides is 2. The highest BCUT2D eigenvalue weighted by Crippen LogP contribution is 2.30. The molecule has 0 fully saturated rings. The first kappa shape index (κ1) is 17.9. The number of carbonyl (C=O) groups excluding carboxylic acids is 2. The first-order valence-corrected chi connectivity index (χ1v) is 8.30. The summed E-state index contributed by atoms with van der Waals surface area (Å²) in [5, 5.41) is 9.95. The summed E-state index contributed by atoms with van der Waals surface area (Å²) in [4.78, 5) is 24.3. The van der Waals surface area contributed by atoms with Crippen molar-refractivity contribution in [2.75, 3.05) is 17.7 Å². The fourth-order valence-corrected chi connectivity index (χ4v) is 2.82. The Morgan fingerprint density at radius 2 is 2.00 bits per heavy atom. The quantitative estimate of drug-likeness (QED) is 0.618. The van der Waals surface area contributed by atoms with E-state index in [0.717, 1.165) is 10.6 Å². The number of nitrogens with zero attached hydrogens (tertiary/aromatic N) is 2. The maximum Gasteiger partial charge on any atom is 0.327 e. The smallest absolute Gasteiger partial charge is 0.327 e. The lowest BCUT2D eigenvalue weighted by atomic mass is 10.3. The number of carbonyl (C=O) groups is 2. The number of benzene rings is 1. The monoisotopic (exact) mass is 348 g/mol. The number of esters is 1. The van der Waals surface area contributed by atoms with Gasteiger partial charge in [-0.2, -0.15) is 5.10 Å². The number of ether oxygens (including phenoxy) is 1. The molecule has 0 saturated heterocycles. The minimum Gasteiger partial charge on any atom is -0.468 e. The van der Waals surface area contributed by atoms with Crippen LogP contribution in [0.5, 0.6) is 0 Å². The Bertz CT molecular complexity index is 715. The molecule has 0 aliphatic rings. The summed E-state index contributed by atoms with van der Waals surface area (Å²) >= 11 is 1.67. The number of urea groups is 1. The average Bonchev–Trinajstić information content (AvgIpc) is 2.95. The molecule has 0 aliphatic carbocycles. The number of thioether (sulfide) groups is 1. The SMILES string of the molecule is COC(=O)Cn1ccc(NC(=O)Nc2ccccc2SC(C)C)n1. The highest BCUT2D eigenvalue weighted by molar-refractivity contribution is 8.00. The van der Waals surface area contributed by atoms with Gasteiger partial charge in [0.25, 0.3) is 0 Å². The number of hydrogen-bond acceptors (Lipinski definition) is 5. The Labute approximate surface area is 144 Å². The predicted molar refractivity (Wildman–Crippen MR) is 94.3 cm³/mol. The number of anilines is 2. The summed E-state index contributed by atoms with van der Waals surface area (Å²) in [5.74, 6) is -0.0564. The number of aromatic nitrogens is 2. The molecule has 2 N–H and O–H groups in total. The number of nitrogens with one attached hydrogen (secondary N) is 2. The van der Waals surface area contributed by atoms with Crippen LogP contribution >= 0.6 is 11.8 Å². The van der Waals surface area contributed by atoms with Crippen molar-refractivity contribution in [1.82, 2.24) is 9.78 Å². The second-order valence-corrected chi connectivity index (χ2v) is 6.83. The summed E-state index contributed by atoms with van der Waals surface area (Å²) in [6, 6.07) is 8.83. The molecule has 128 valence electrons. The molecule has 0 radical (unpaired) electrons. The first-order valence-electron chi connectivity index (χ1n) is 7.42. The molecule has 0 aliphatic heterocycles. The largest absolute Gasteiger partial charge is 0.468 e. The van der Waals surface area contributed by atoms with E-state index in [4.69, 9.17) is 0 Å². The van der Waals surface area contributed by atoms with Gasteiger partial charge in [0.15, 0.2) is 5.82 Å². The summed E-state index contributed by atoms with van der Waals surface area (Å²) in [6.45, 7) is 4.18. The van der Waals surface area contributed by atoms with Crippen molar-refractivity contribution >= 4 is 35.3 Å².